The lowest BCUT2D eigenvalue weighted by Gasteiger charge is -2.09. The Hall–Kier alpha value is -3.22. The zero-order valence-electron chi connectivity index (χ0n) is 15.8. The maximum atomic E-state index is 12.7. The minimum atomic E-state index is -0.190. The fourth-order valence-electron chi connectivity index (χ4n) is 2.69. The minimum absolute atomic E-state index is 0.0411. The van der Waals surface area contributed by atoms with Gasteiger partial charge < -0.3 is 9.47 Å². The number of hydrogen-bond donors (Lipinski definition) is 0. The van der Waals surface area contributed by atoms with Gasteiger partial charge in [-0.05, 0) is 34.9 Å². The van der Waals surface area contributed by atoms with Crippen molar-refractivity contribution >= 4 is 5.78 Å². The molecule has 7 heteroatoms. The van der Waals surface area contributed by atoms with Gasteiger partial charge in [0.1, 0.15) is 18.0 Å². The van der Waals surface area contributed by atoms with Gasteiger partial charge >= 0.3 is 0 Å². The van der Waals surface area contributed by atoms with E-state index < -0.39 is 0 Å². The van der Waals surface area contributed by atoms with Crippen molar-refractivity contribution in [2.45, 2.75) is 26.3 Å². The summed E-state index contributed by atoms with van der Waals surface area (Å²) >= 11 is 0. The van der Waals surface area contributed by atoms with Gasteiger partial charge in [0.25, 0.3) is 0 Å². The number of methoxy groups -OCH3 is 2. The Morgan fingerprint density at radius 2 is 1.81 bits per heavy atom. The number of benzene rings is 2. The normalized spacial score (nSPS) is 10.9. The standard InChI is InChI=1S/C20H22N4O3/c1-13(2)14-5-7-15(8-6-14)20-21-23-24(22-20)12-18(25)17-11-16(26-3)9-10-19(17)27-4/h5-11,13H,12H2,1-4H3. The number of carbonyl (C=O) groups is 1. The molecule has 3 aromatic rings. The van der Waals surface area contributed by atoms with Crippen molar-refractivity contribution in [2.75, 3.05) is 14.2 Å². The molecule has 0 unspecified atom stereocenters. The van der Waals surface area contributed by atoms with Crippen LogP contribution >= 0.6 is 0 Å². The van der Waals surface area contributed by atoms with Crippen LogP contribution in [0.15, 0.2) is 42.5 Å². The van der Waals surface area contributed by atoms with Crippen molar-refractivity contribution in [2.24, 2.45) is 0 Å². The second-order valence-electron chi connectivity index (χ2n) is 6.41. The average Bonchev–Trinajstić information content (AvgIpc) is 3.15. The van der Waals surface area contributed by atoms with Crippen LogP contribution in [0.4, 0.5) is 0 Å². The highest BCUT2D eigenvalue weighted by molar-refractivity contribution is 5.98. The van der Waals surface area contributed by atoms with Gasteiger partial charge in [0.2, 0.25) is 5.82 Å². The lowest BCUT2D eigenvalue weighted by atomic mass is 10.0. The molecule has 2 aromatic carbocycles. The number of Topliss-reactive ketones (excluding diaryl/α,β-unsaturated/α-hetero) is 1. The molecule has 1 aromatic heterocycles. The fourth-order valence-corrected chi connectivity index (χ4v) is 2.69. The van der Waals surface area contributed by atoms with E-state index in [1.165, 1.54) is 17.5 Å². The van der Waals surface area contributed by atoms with Gasteiger partial charge in [0, 0.05) is 5.56 Å². The van der Waals surface area contributed by atoms with E-state index in [9.17, 15) is 4.79 Å². The number of hydrogen-bond acceptors (Lipinski definition) is 6. The van der Waals surface area contributed by atoms with Crippen LogP contribution in [0.1, 0.15) is 35.7 Å². The van der Waals surface area contributed by atoms with Crippen LogP contribution in [0, 0.1) is 0 Å². The van der Waals surface area contributed by atoms with Crippen LogP contribution in [0.5, 0.6) is 11.5 Å². The molecule has 0 saturated heterocycles. The molecule has 0 fully saturated rings. The van der Waals surface area contributed by atoms with Gasteiger partial charge in [-0.25, -0.2) is 0 Å². The third-order valence-corrected chi connectivity index (χ3v) is 4.28. The molecule has 0 N–H and O–H groups in total. The molecular weight excluding hydrogens is 344 g/mol. The molecule has 0 aliphatic rings. The van der Waals surface area contributed by atoms with Gasteiger partial charge in [-0.1, -0.05) is 38.1 Å². The van der Waals surface area contributed by atoms with Crippen molar-refractivity contribution in [3.8, 4) is 22.9 Å². The molecule has 27 heavy (non-hydrogen) atoms. The highest BCUT2D eigenvalue weighted by Gasteiger charge is 2.16. The van der Waals surface area contributed by atoms with E-state index in [0.717, 1.165) is 5.56 Å². The molecule has 7 nitrogen and oxygen atoms in total. The Kier molecular flexibility index (Phi) is 5.49. The Morgan fingerprint density at radius 1 is 1.07 bits per heavy atom. The molecule has 3 rings (SSSR count). The lowest BCUT2D eigenvalue weighted by molar-refractivity contribution is 0.0958. The Bertz CT molecular complexity index is 933. The summed E-state index contributed by atoms with van der Waals surface area (Å²) in [4.78, 5) is 13.9. The van der Waals surface area contributed by atoms with Crippen molar-refractivity contribution in [1.29, 1.82) is 0 Å². The first-order chi connectivity index (χ1) is 13.0. The summed E-state index contributed by atoms with van der Waals surface area (Å²) in [6, 6.07) is 13.1. The number of ether oxygens (including phenoxy) is 2. The number of carbonyl (C=O) groups excluding carboxylic acids is 1. The number of nitrogens with zero attached hydrogens (tertiary/aromatic N) is 4. The second-order valence-corrected chi connectivity index (χ2v) is 6.41. The molecule has 1 heterocycles. The van der Waals surface area contributed by atoms with E-state index in [1.807, 2.05) is 24.3 Å². The third-order valence-electron chi connectivity index (χ3n) is 4.28. The van der Waals surface area contributed by atoms with Crippen LogP contribution in [0.25, 0.3) is 11.4 Å². The SMILES string of the molecule is COc1ccc(OC)c(C(=O)Cn2nnc(-c3ccc(C(C)C)cc3)n2)c1. The Labute approximate surface area is 157 Å². The quantitative estimate of drug-likeness (QED) is 0.597. The first-order valence-electron chi connectivity index (χ1n) is 8.65. The number of aromatic nitrogens is 4. The van der Waals surface area contributed by atoms with E-state index in [0.29, 0.717) is 28.8 Å². The zero-order valence-corrected chi connectivity index (χ0v) is 15.8. The van der Waals surface area contributed by atoms with Crippen LogP contribution in [-0.4, -0.2) is 40.2 Å². The van der Waals surface area contributed by atoms with E-state index in [1.54, 1.807) is 25.3 Å². The molecule has 0 amide bonds. The van der Waals surface area contributed by atoms with E-state index in [-0.39, 0.29) is 12.3 Å². The molecule has 0 atom stereocenters. The maximum Gasteiger partial charge on any atom is 0.204 e. The van der Waals surface area contributed by atoms with Gasteiger partial charge in [0.15, 0.2) is 5.78 Å². The summed E-state index contributed by atoms with van der Waals surface area (Å²) < 4.78 is 10.5. The molecule has 0 bridgehead atoms. The molecular formula is C20H22N4O3. The molecule has 0 radical (unpaired) electrons. The second kappa shape index (κ2) is 7.99. The topological polar surface area (TPSA) is 79.1 Å². The Morgan fingerprint density at radius 3 is 2.44 bits per heavy atom. The number of ketones is 1. The monoisotopic (exact) mass is 366 g/mol. The van der Waals surface area contributed by atoms with E-state index in [4.69, 9.17) is 9.47 Å². The first kappa shape index (κ1) is 18.6. The highest BCUT2D eigenvalue weighted by atomic mass is 16.5. The maximum absolute atomic E-state index is 12.7. The van der Waals surface area contributed by atoms with Gasteiger partial charge in [-0.2, -0.15) is 4.80 Å². The molecule has 140 valence electrons. The summed E-state index contributed by atoms with van der Waals surface area (Å²) in [7, 11) is 3.07. The molecule has 0 aliphatic carbocycles. The average molecular weight is 366 g/mol. The summed E-state index contributed by atoms with van der Waals surface area (Å²) in [5.41, 5.74) is 2.51. The van der Waals surface area contributed by atoms with Gasteiger partial charge in [0.05, 0.1) is 19.8 Å². The van der Waals surface area contributed by atoms with E-state index >= 15 is 0 Å². The predicted octanol–water partition coefficient (Wildman–Crippen LogP) is 3.36. The largest absolute Gasteiger partial charge is 0.497 e. The molecule has 0 spiro atoms. The third kappa shape index (κ3) is 4.13. The fraction of sp³-hybridized carbons (Fsp3) is 0.300. The van der Waals surface area contributed by atoms with Gasteiger partial charge in [-0.15, -0.1) is 10.2 Å². The minimum Gasteiger partial charge on any atom is -0.497 e. The smallest absolute Gasteiger partial charge is 0.204 e. The van der Waals surface area contributed by atoms with Gasteiger partial charge in [-0.3, -0.25) is 4.79 Å². The summed E-state index contributed by atoms with van der Waals surface area (Å²) in [6.07, 6.45) is 0. The summed E-state index contributed by atoms with van der Waals surface area (Å²) in [6.45, 7) is 4.24. The first-order valence-corrected chi connectivity index (χ1v) is 8.65. The van der Waals surface area contributed by atoms with Crippen LogP contribution < -0.4 is 9.47 Å². The highest BCUT2D eigenvalue weighted by Crippen LogP contribution is 2.25. The Balaban J connectivity index is 1.78. The van der Waals surface area contributed by atoms with E-state index in [2.05, 4.69) is 29.3 Å². The van der Waals surface area contributed by atoms with Crippen molar-refractivity contribution in [1.82, 2.24) is 20.2 Å². The lowest BCUT2D eigenvalue weighted by Crippen LogP contribution is -2.14. The number of rotatable bonds is 7. The van der Waals surface area contributed by atoms with Crippen molar-refractivity contribution in [3.05, 3.63) is 53.6 Å². The van der Waals surface area contributed by atoms with Crippen LogP contribution in [-0.2, 0) is 6.54 Å². The molecule has 0 aliphatic heterocycles. The van der Waals surface area contributed by atoms with Crippen molar-refractivity contribution in [3.63, 3.8) is 0 Å². The molecule has 0 saturated carbocycles. The van der Waals surface area contributed by atoms with Crippen LogP contribution in [0.2, 0.25) is 0 Å². The van der Waals surface area contributed by atoms with Crippen LogP contribution in [0.3, 0.4) is 0 Å². The number of tetrazole rings is 1. The van der Waals surface area contributed by atoms with Crippen molar-refractivity contribution < 1.29 is 14.3 Å². The predicted molar refractivity (Wildman–Crippen MR) is 101 cm³/mol. The summed E-state index contributed by atoms with van der Waals surface area (Å²) in [5, 5.41) is 12.4. The zero-order chi connectivity index (χ0) is 19.4. The summed E-state index contributed by atoms with van der Waals surface area (Å²) in [5.74, 6) is 1.81.